The van der Waals surface area contributed by atoms with Gasteiger partial charge in [0.05, 0.1) is 55.6 Å². The molecule has 3 atom stereocenters. The van der Waals surface area contributed by atoms with E-state index in [1.165, 1.54) is 45.8 Å². The number of aromatic nitrogens is 6. The molecule has 7 N–H and O–H groups in total. The SMILES string of the molecule is CC(C)(C)[S@@](=O)N[C@@H]1c2ccccc2CC12CCN(c1cnc(Sc3ccnc(C4CC4)c3Cl)c(N)n1)CC2.Nc1nc(N2CCC3(CC2)Cc2ccccc2[C@H]3N)cnc1Sc1ccnc(C2CC2)c1Cl. The molecule has 376 valence electrons. The Balaban J connectivity index is 0.000000158. The lowest BCUT2D eigenvalue weighted by atomic mass is 9.73. The number of anilines is 4. The molecule has 13 nitrogen and oxygen atoms in total. The third kappa shape index (κ3) is 9.93. The van der Waals surface area contributed by atoms with Gasteiger partial charge in [-0.25, -0.2) is 28.9 Å². The second-order valence-corrected chi connectivity index (χ2v) is 26.3. The van der Waals surface area contributed by atoms with Crippen molar-refractivity contribution in [2.24, 2.45) is 16.6 Å². The first-order chi connectivity index (χ1) is 34.7. The van der Waals surface area contributed by atoms with Crippen LogP contribution in [0.5, 0.6) is 0 Å². The van der Waals surface area contributed by atoms with Gasteiger partial charge in [0, 0.05) is 66.2 Å². The Labute approximate surface area is 443 Å². The number of hydrogen-bond donors (Lipinski definition) is 4. The molecular formula is C54H62Cl2N12OS3. The Hall–Kier alpha value is -4.55. The molecule has 6 aliphatic rings. The van der Waals surface area contributed by atoms with Crippen LogP contribution in [-0.2, 0) is 23.8 Å². The van der Waals surface area contributed by atoms with Crippen LogP contribution in [0.2, 0.25) is 10.0 Å². The van der Waals surface area contributed by atoms with Crippen molar-refractivity contribution in [3.8, 4) is 0 Å². The van der Waals surface area contributed by atoms with Crippen molar-refractivity contribution in [1.29, 1.82) is 0 Å². The minimum absolute atomic E-state index is 0.0211. The number of piperidine rings is 2. The molecule has 0 bridgehead atoms. The van der Waals surface area contributed by atoms with E-state index in [-0.39, 0.29) is 27.7 Å². The summed E-state index contributed by atoms with van der Waals surface area (Å²) in [7, 11) is -1.15. The maximum Gasteiger partial charge on any atom is 0.158 e. The zero-order valence-electron chi connectivity index (χ0n) is 41.0. The van der Waals surface area contributed by atoms with Crippen LogP contribution in [0.15, 0.2) is 105 Å². The van der Waals surface area contributed by atoms with E-state index in [0.717, 1.165) is 123 Å². The molecule has 0 amide bonds. The Morgan fingerprint density at radius 3 is 1.56 bits per heavy atom. The van der Waals surface area contributed by atoms with Crippen LogP contribution in [0.3, 0.4) is 0 Å². The van der Waals surface area contributed by atoms with E-state index in [4.69, 9.17) is 50.4 Å². The molecule has 4 fully saturated rings. The molecule has 18 heteroatoms. The lowest BCUT2D eigenvalue weighted by Crippen LogP contribution is -2.48. The average molecular weight is 1060 g/mol. The molecular weight excluding hydrogens is 1000 g/mol. The molecule has 0 radical (unpaired) electrons. The summed E-state index contributed by atoms with van der Waals surface area (Å²) >= 11 is 16.2. The first-order valence-corrected chi connectivity index (χ1v) is 28.7. The van der Waals surface area contributed by atoms with Gasteiger partial charge in [-0.2, -0.15) is 0 Å². The van der Waals surface area contributed by atoms with Gasteiger partial charge in [-0.15, -0.1) is 0 Å². The van der Waals surface area contributed by atoms with E-state index in [2.05, 4.69) is 83.0 Å². The third-order valence-electron chi connectivity index (χ3n) is 15.7. The fourth-order valence-electron chi connectivity index (χ4n) is 11.2. The summed E-state index contributed by atoms with van der Waals surface area (Å²) < 4.78 is 16.4. The van der Waals surface area contributed by atoms with E-state index in [0.29, 0.717) is 43.6 Å². The standard InChI is InChI=1S/C29H35ClN6OS2.C25H27ClN6S/c1-28(2,3)39(37)35-25-20-7-5-4-6-19(20)16-29(25)11-14-36(15-12-29)22-17-33-27(26(31)34-22)38-21-10-13-32-24(23(21)30)18-8-9-18;26-20-18(7-10-29-21(20)15-5-6-15)33-24-23(28)31-19(14-30-24)32-11-8-25(9-12-32)13-16-3-1-2-4-17(16)22(25)27/h4-7,10,13,17-18,25,35H,8-9,11-12,14-16H2,1-3H3,(H2,31,34);1-4,7,10,14-15,22H,5-6,8-9,11-13,27H2,(H2,28,31)/t25-,39-;22-/m11/s1. The van der Waals surface area contributed by atoms with Gasteiger partial charge >= 0.3 is 0 Å². The molecule has 6 heterocycles. The summed E-state index contributed by atoms with van der Waals surface area (Å²) in [6.45, 7) is 9.56. The maximum atomic E-state index is 13.2. The molecule has 4 aliphatic carbocycles. The predicted octanol–water partition coefficient (Wildman–Crippen LogP) is 11.1. The van der Waals surface area contributed by atoms with Crippen LogP contribution in [-0.4, -0.2) is 65.0 Å². The normalized spacial score (nSPS) is 21.3. The number of rotatable bonds is 10. The predicted molar refractivity (Wildman–Crippen MR) is 292 cm³/mol. The number of benzene rings is 2. The van der Waals surface area contributed by atoms with Gasteiger partial charge in [0.1, 0.15) is 21.7 Å². The summed E-state index contributed by atoms with van der Waals surface area (Å²) in [5.41, 5.74) is 26.9. The summed E-state index contributed by atoms with van der Waals surface area (Å²) in [5.74, 6) is 3.43. The summed E-state index contributed by atoms with van der Waals surface area (Å²) in [4.78, 5) is 34.1. The van der Waals surface area contributed by atoms with E-state index in [9.17, 15) is 4.21 Å². The van der Waals surface area contributed by atoms with Crippen molar-refractivity contribution < 1.29 is 4.21 Å². The van der Waals surface area contributed by atoms with Crippen LogP contribution in [0.1, 0.15) is 130 Å². The smallest absolute Gasteiger partial charge is 0.158 e. The molecule has 12 rings (SSSR count). The topological polar surface area (TPSA) is 191 Å². The fraction of sp³-hybridized carbons (Fsp3) is 0.444. The Bertz CT molecular complexity index is 3020. The van der Waals surface area contributed by atoms with Gasteiger partial charge in [-0.3, -0.25) is 9.97 Å². The van der Waals surface area contributed by atoms with E-state index in [1.54, 1.807) is 0 Å². The van der Waals surface area contributed by atoms with E-state index >= 15 is 0 Å². The number of nitrogen functional groups attached to an aromatic ring is 2. The number of nitrogens with one attached hydrogen (secondary N) is 1. The molecule has 72 heavy (non-hydrogen) atoms. The number of nitrogens with two attached hydrogens (primary N) is 3. The van der Waals surface area contributed by atoms with Crippen LogP contribution >= 0.6 is 46.7 Å². The number of hydrogen-bond acceptors (Lipinski definition) is 14. The second-order valence-electron chi connectivity index (χ2n) is 21.5. The number of pyridine rings is 2. The van der Waals surface area contributed by atoms with Crippen molar-refractivity contribution in [3.05, 3.63) is 129 Å². The van der Waals surface area contributed by atoms with E-state index in [1.807, 2.05) is 57.7 Å². The minimum Gasteiger partial charge on any atom is -0.381 e. The van der Waals surface area contributed by atoms with Gasteiger partial charge in [0.15, 0.2) is 11.6 Å². The lowest BCUT2D eigenvalue weighted by molar-refractivity contribution is 0.177. The van der Waals surface area contributed by atoms with Gasteiger partial charge < -0.3 is 27.0 Å². The van der Waals surface area contributed by atoms with Crippen molar-refractivity contribution in [2.45, 2.75) is 133 Å². The summed E-state index contributed by atoms with van der Waals surface area (Å²) in [5, 5.41) is 2.74. The van der Waals surface area contributed by atoms with Crippen molar-refractivity contribution >= 4 is 81.0 Å². The van der Waals surface area contributed by atoms with Crippen LogP contribution < -0.4 is 31.7 Å². The monoisotopic (exact) mass is 1060 g/mol. The van der Waals surface area contributed by atoms with E-state index < -0.39 is 11.0 Å². The molecule has 2 saturated carbocycles. The second kappa shape index (κ2) is 19.9. The highest BCUT2D eigenvalue weighted by Crippen LogP contribution is 2.54. The van der Waals surface area contributed by atoms with Gasteiger partial charge in [0.25, 0.3) is 0 Å². The van der Waals surface area contributed by atoms with Gasteiger partial charge in [-0.05, 0) is 130 Å². The molecule has 4 aromatic heterocycles. The number of fused-ring (bicyclic) bond motifs is 2. The molecule has 6 aromatic rings. The average Bonchev–Trinajstić information content (AvgIpc) is 4.33. The van der Waals surface area contributed by atoms with Gasteiger partial charge in [-0.1, -0.05) is 95.3 Å². The molecule has 2 spiro atoms. The zero-order chi connectivity index (χ0) is 49.9. The Morgan fingerprint density at radius 1 is 0.653 bits per heavy atom. The molecule has 2 saturated heterocycles. The first-order valence-electron chi connectivity index (χ1n) is 25.2. The lowest BCUT2D eigenvalue weighted by Gasteiger charge is -2.44. The van der Waals surface area contributed by atoms with Gasteiger partial charge in [0.2, 0.25) is 0 Å². The minimum atomic E-state index is -1.15. The Morgan fingerprint density at radius 2 is 1.10 bits per heavy atom. The number of nitrogens with zero attached hydrogens (tertiary/aromatic N) is 8. The largest absolute Gasteiger partial charge is 0.381 e. The maximum absolute atomic E-state index is 13.2. The van der Waals surface area contributed by atoms with Crippen LogP contribution in [0.25, 0.3) is 0 Å². The highest BCUT2D eigenvalue weighted by molar-refractivity contribution is 7.99. The zero-order valence-corrected chi connectivity index (χ0v) is 45.0. The first kappa shape index (κ1) is 49.7. The number of halogens is 2. The summed E-state index contributed by atoms with van der Waals surface area (Å²) in [6.07, 6.45) is 18.0. The van der Waals surface area contributed by atoms with Crippen molar-refractivity contribution in [3.63, 3.8) is 0 Å². The van der Waals surface area contributed by atoms with Crippen molar-refractivity contribution in [1.82, 2.24) is 34.6 Å². The van der Waals surface area contributed by atoms with Crippen LogP contribution in [0, 0.1) is 10.8 Å². The highest BCUT2D eigenvalue weighted by atomic mass is 35.5. The summed E-state index contributed by atoms with van der Waals surface area (Å²) in [6, 6.07) is 21.2. The van der Waals surface area contributed by atoms with Crippen LogP contribution in [0.4, 0.5) is 23.3 Å². The Kier molecular flexibility index (Phi) is 13.8. The molecule has 0 unspecified atom stereocenters. The fourth-order valence-corrected chi connectivity index (χ4v) is 14.4. The third-order valence-corrected chi connectivity index (χ3v) is 20.4. The highest BCUT2D eigenvalue weighted by Gasteiger charge is 2.49. The van der Waals surface area contributed by atoms with Crippen molar-refractivity contribution in [2.75, 3.05) is 47.4 Å². The quantitative estimate of drug-likeness (QED) is 0.101. The molecule has 2 aromatic carbocycles. The molecule has 2 aliphatic heterocycles.